The van der Waals surface area contributed by atoms with Gasteiger partial charge in [-0.1, -0.05) is 78.6 Å². The summed E-state index contributed by atoms with van der Waals surface area (Å²) in [7, 11) is 0. The van der Waals surface area contributed by atoms with Crippen LogP contribution in [0.25, 0.3) is 0 Å². The minimum absolute atomic E-state index is 0.258. The van der Waals surface area contributed by atoms with Crippen molar-refractivity contribution < 1.29 is 14.3 Å². The molecule has 0 aromatic heterocycles. The van der Waals surface area contributed by atoms with E-state index in [1.54, 1.807) is 0 Å². The molecule has 146 valence electrons. The van der Waals surface area contributed by atoms with Gasteiger partial charge in [-0.15, -0.1) is 0 Å². The molecule has 0 aliphatic rings. The second kappa shape index (κ2) is 11.2. The lowest BCUT2D eigenvalue weighted by atomic mass is 10.2. The van der Waals surface area contributed by atoms with Gasteiger partial charge < -0.3 is 14.8 Å². The second-order valence-corrected chi connectivity index (χ2v) is 6.34. The number of amides is 1. The van der Waals surface area contributed by atoms with Gasteiger partial charge in [-0.05, 0) is 29.3 Å². The predicted molar refractivity (Wildman–Crippen MR) is 113 cm³/mol. The lowest BCUT2D eigenvalue weighted by Crippen LogP contribution is -2.24. The summed E-state index contributed by atoms with van der Waals surface area (Å²) in [6.45, 7) is 1.21. The summed E-state index contributed by atoms with van der Waals surface area (Å²) in [6.07, 6.45) is 0.0992. The summed E-state index contributed by atoms with van der Waals surface area (Å²) < 4.78 is 11.0. The van der Waals surface area contributed by atoms with E-state index in [1.807, 2.05) is 84.9 Å². The van der Waals surface area contributed by atoms with Gasteiger partial charge in [-0.2, -0.15) is 0 Å². The monoisotopic (exact) mass is 385 g/mol. The molecule has 0 aliphatic carbocycles. The van der Waals surface area contributed by atoms with Crippen molar-refractivity contribution in [3.8, 4) is 17.6 Å². The normalized spacial score (nSPS) is 9.79. The number of hydrogen-bond donors (Lipinski definition) is 1. The predicted octanol–water partition coefficient (Wildman–Crippen LogP) is 4.93. The lowest BCUT2D eigenvalue weighted by molar-refractivity contribution is 0.140. The van der Waals surface area contributed by atoms with Gasteiger partial charge in [0.1, 0.15) is 19.0 Å². The molecule has 0 spiro atoms. The van der Waals surface area contributed by atoms with Crippen LogP contribution in [0.2, 0.25) is 0 Å². The van der Waals surface area contributed by atoms with Crippen LogP contribution in [0.5, 0.6) is 5.75 Å². The fraction of sp³-hybridized carbons (Fsp3) is 0.160. The Kier molecular flexibility index (Phi) is 7.74. The zero-order valence-corrected chi connectivity index (χ0v) is 16.1. The van der Waals surface area contributed by atoms with E-state index in [1.165, 1.54) is 0 Å². The zero-order chi connectivity index (χ0) is 20.2. The van der Waals surface area contributed by atoms with E-state index >= 15 is 0 Å². The van der Waals surface area contributed by atoms with E-state index in [-0.39, 0.29) is 6.61 Å². The van der Waals surface area contributed by atoms with Crippen LogP contribution in [0.4, 0.5) is 4.79 Å². The van der Waals surface area contributed by atoms with Crippen LogP contribution in [0.3, 0.4) is 0 Å². The molecule has 3 aromatic carbocycles. The molecule has 0 radical (unpaired) electrons. The van der Waals surface area contributed by atoms with Gasteiger partial charge in [-0.3, -0.25) is 0 Å². The van der Waals surface area contributed by atoms with E-state index in [0.717, 1.165) is 22.4 Å². The van der Waals surface area contributed by atoms with Crippen molar-refractivity contribution in [1.82, 2.24) is 5.32 Å². The first-order chi connectivity index (χ1) is 14.3. The maximum atomic E-state index is 11.7. The Balaban J connectivity index is 1.38. The number of nitrogens with one attached hydrogen (secondary N) is 1. The first-order valence-corrected chi connectivity index (χ1v) is 9.50. The molecule has 4 nitrogen and oxygen atoms in total. The number of carbonyl (C=O) groups excluding carboxylic acids is 1. The Hall–Kier alpha value is -3.71. The molecule has 0 unspecified atom stereocenters. The first-order valence-electron chi connectivity index (χ1n) is 9.50. The molecular formula is C25H23NO3. The Morgan fingerprint density at radius 3 is 2.24 bits per heavy atom. The summed E-state index contributed by atoms with van der Waals surface area (Å²) >= 11 is 0. The second-order valence-electron chi connectivity index (χ2n) is 6.34. The number of carbonyl (C=O) groups is 1. The average molecular weight is 385 g/mol. The molecule has 3 rings (SSSR count). The molecule has 1 amide bonds. The van der Waals surface area contributed by atoms with E-state index in [4.69, 9.17) is 9.47 Å². The number of rotatable bonds is 7. The van der Waals surface area contributed by atoms with E-state index in [9.17, 15) is 4.79 Å². The smallest absolute Gasteiger partial charge is 0.407 e. The quantitative estimate of drug-likeness (QED) is 0.463. The van der Waals surface area contributed by atoms with Gasteiger partial charge in [0.15, 0.2) is 0 Å². The molecule has 0 fully saturated rings. The average Bonchev–Trinajstić information content (AvgIpc) is 2.78. The Bertz CT molecular complexity index is 959. The van der Waals surface area contributed by atoms with Crippen molar-refractivity contribution in [3.05, 3.63) is 102 Å². The molecule has 3 aromatic rings. The van der Waals surface area contributed by atoms with Crippen molar-refractivity contribution in [3.63, 3.8) is 0 Å². The minimum atomic E-state index is -0.438. The SMILES string of the molecule is O=C(NCCC#Cc1cccc(OCc2ccccc2)c1)OCc1ccccc1. The van der Waals surface area contributed by atoms with E-state index < -0.39 is 6.09 Å². The highest BCUT2D eigenvalue weighted by Gasteiger charge is 2.01. The van der Waals surface area contributed by atoms with Crippen molar-refractivity contribution >= 4 is 6.09 Å². The molecule has 0 saturated carbocycles. The summed E-state index contributed by atoms with van der Waals surface area (Å²) in [6, 6.07) is 27.3. The van der Waals surface area contributed by atoms with Gasteiger partial charge in [0.25, 0.3) is 0 Å². The molecule has 0 heterocycles. The molecule has 1 N–H and O–H groups in total. The summed E-state index contributed by atoms with van der Waals surface area (Å²) in [4.78, 5) is 11.7. The largest absolute Gasteiger partial charge is 0.489 e. The maximum Gasteiger partial charge on any atom is 0.407 e. The highest BCUT2D eigenvalue weighted by Crippen LogP contribution is 2.14. The molecule has 4 heteroatoms. The topological polar surface area (TPSA) is 47.6 Å². The number of alkyl carbamates (subject to hydrolysis) is 1. The molecular weight excluding hydrogens is 362 g/mol. The third-order valence-corrected chi connectivity index (χ3v) is 4.05. The highest BCUT2D eigenvalue weighted by molar-refractivity contribution is 5.67. The third-order valence-electron chi connectivity index (χ3n) is 4.05. The fourth-order valence-corrected chi connectivity index (χ4v) is 2.57. The highest BCUT2D eigenvalue weighted by atomic mass is 16.5. The van der Waals surface area contributed by atoms with Crippen LogP contribution >= 0.6 is 0 Å². The van der Waals surface area contributed by atoms with Gasteiger partial charge in [0.05, 0.1) is 0 Å². The van der Waals surface area contributed by atoms with Gasteiger partial charge in [0.2, 0.25) is 0 Å². The molecule has 0 atom stereocenters. The number of ether oxygens (including phenoxy) is 2. The van der Waals surface area contributed by atoms with Crippen LogP contribution in [0, 0.1) is 11.8 Å². The number of benzene rings is 3. The van der Waals surface area contributed by atoms with Crippen LogP contribution in [0.1, 0.15) is 23.1 Å². The lowest BCUT2D eigenvalue weighted by Gasteiger charge is -2.06. The third kappa shape index (κ3) is 7.43. The Morgan fingerprint density at radius 2 is 1.52 bits per heavy atom. The van der Waals surface area contributed by atoms with E-state index in [2.05, 4.69) is 17.2 Å². The summed E-state index contributed by atoms with van der Waals surface area (Å²) in [5, 5.41) is 2.70. The zero-order valence-electron chi connectivity index (χ0n) is 16.1. The molecule has 0 saturated heterocycles. The van der Waals surface area contributed by atoms with E-state index in [0.29, 0.717) is 19.6 Å². The van der Waals surface area contributed by atoms with Crippen molar-refractivity contribution in [2.45, 2.75) is 19.6 Å². The van der Waals surface area contributed by atoms with Crippen molar-refractivity contribution in [2.24, 2.45) is 0 Å². The van der Waals surface area contributed by atoms with Crippen LogP contribution in [0.15, 0.2) is 84.9 Å². The van der Waals surface area contributed by atoms with Crippen LogP contribution in [-0.4, -0.2) is 12.6 Å². The van der Waals surface area contributed by atoms with Crippen molar-refractivity contribution in [1.29, 1.82) is 0 Å². The first kappa shape index (κ1) is 20.0. The van der Waals surface area contributed by atoms with Crippen LogP contribution < -0.4 is 10.1 Å². The van der Waals surface area contributed by atoms with Crippen LogP contribution in [-0.2, 0) is 18.0 Å². The molecule has 0 aliphatic heterocycles. The molecule has 29 heavy (non-hydrogen) atoms. The number of hydrogen-bond acceptors (Lipinski definition) is 3. The standard InChI is InChI=1S/C25H23NO3/c27-25(29-20-23-13-5-2-6-14-23)26-17-8-7-10-21-15-9-16-24(18-21)28-19-22-11-3-1-4-12-22/h1-6,9,11-16,18H,8,17,19-20H2,(H,26,27). The fourth-order valence-electron chi connectivity index (χ4n) is 2.57. The minimum Gasteiger partial charge on any atom is -0.489 e. The van der Waals surface area contributed by atoms with Gasteiger partial charge in [-0.25, -0.2) is 4.79 Å². The Labute approximate surface area is 171 Å². The summed E-state index contributed by atoms with van der Waals surface area (Å²) in [5.41, 5.74) is 2.95. The maximum absolute atomic E-state index is 11.7. The molecule has 0 bridgehead atoms. The summed E-state index contributed by atoms with van der Waals surface area (Å²) in [5.74, 6) is 6.93. The van der Waals surface area contributed by atoms with Gasteiger partial charge in [0, 0.05) is 18.5 Å². The Morgan fingerprint density at radius 1 is 0.828 bits per heavy atom. The van der Waals surface area contributed by atoms with Gasteiger partial charge >= 0.3 is 6.09 Å². The van der Waals surface area contributed by atoms with Crippen molar-refractivity contribution in [2.75, 3.05) is 6.54 Å².